The Kier molecular flexibility index (Phi) is 4.16. The topological polar surface area (TPSA) is 36.3 Å². The van der Waals surface area contributed by atoms with Crippen LogP contribution in [-0.2, 0) is 4.74 Å². The summed E-state index contributed by atoms with van der Waals surface area (Å²) in [6, 6.07) is 6.48. The third-order valence-electron chi connectivity index (χ3n) is 3.44. The molecule has 1 aromatic rings. The summed E-state index contributed by atoms with van der Waals surface area (Å²) in [5, 5.41) is 9.05. The first-order chi connectivity index (χ1) is 8.74. The molecule has 0 aliphatic carbocycles. The zero-order valence-corrected chi connectivity index (χ0v) is 10.5. The van der Waals surface area contributed by atoms with Crippen LogP contribution in [0.4, 0.5) is 10.1 Å². The van der Waals surface area contributed by atoms with Gasteiger partial charge in [-0.15, -0.1) is 0 Å². The molecule has 0 bridgehead atoms. The zero-order valence-electron chi connectivity index (χ0n) is 10.5. The predicted octanol–water partition coefficient (Wildman–Crippen LogP) is 2.56. The van der Waals surface area contributed by atoms with Crippen molar-refractivity contribution in [3.05, 3.63) is 29.6 Å². The Labute approximate surface area is 107 Å². The molecule has 96 valence electrons. The van der Waals surface area contributed by atoms with Crippen LogP contribution < -0.4 is 4.90 Å². The molecule has 0 unspecified atom stereocenters. The smallest absolute Gasteiger partial charge is 0.124 e. The number of piperidine rings is 1. The van der Waals surface area contributed by atoms with E-state index in [4.69, 9.17) is 10.00 Å². The SMILES string of the molecule is COCC1CCN(c2ccc(F)cc2C#N)CC1. The number of hydrogen-bond acceptors (Lipinski definition) is 3. The third-order valence-corrected chi connectivity index (χ3v) is 3.44. The van der Waals surface area contributed by atoms with Gasteiger partial charge in [-0.05, 0) is 37.0 Å². The molecule has 0 N–H and O–H groups in total. The third kappa shape index (κ3) is 2.80. The molecule has 0 atom stereocenters. The van der Waals surface area contributed by atoms with Gasteiger partial charge in [0.2, 0.25) is 0 Å². The van der Waals surface area contributed by atoms with Crippen LogP contribution in [0.3, 0.4) is 0 Å². The van der Waals surface area contributed by atoms with Gasteiger partial charge in [-0.2, -0.15) is 5.26 Å². The molecule has 4 heteroatoms. The highest BCUT2D eigenvalue weighted by atomic mass is 19.1. The van der Waals surface area contributed by atoms with Crippen LogP contribution in [-0.4, -0.2) is 26.8 Å². The first-order valence-electron chi connectivity index (χ1n) is 6.18. The minimum absolute atomic E-state index is 0.357. The lowest BCUT2D eigenvalue weighted by atomic mass is 9.97. The molecule has 0 amide bonds. The number of hydrogen-bond donors (Lipinski definition) is 0. The van der Waals surface area contributed by atoms with Gasteiger partial charge in [0.05, 0.1) is 11.3 Å². The lowest BCUT2D eigenvalue weighted by Gasteiger charge is -2.33. The fraction of sp³-hybridized carbons (Fsp3) is 0.500. The average molecular weight is 248 g/mol. The van der Waals surface area contributed by atoms with Gasteiger partial charge < -0.3 is 9.64 Å². The molecule has 0 spiro atoms. The number of anilines is 1. The van der Waals surface area contributed by atoms with Crippen LogP contribution in [0.5, 0.6) is 0 Å². The lowest BCUT2D eigenvalue weighted by Crippen LogP contribution is -2.35. The summed E-state index contributed by atoms with van der Waals surface area (Å²) in [7, 11) is 1.72. The number of nitriles is 1. The van der Waals surface area contributed by atoms with E-state index < -0.39 is 0 Å². The van der Waals surface area contributed by atoms with E-state index in [-0.39, 0.29) is 5.82 Å². The molecule has 18 heavy (non-hydrogen) atoms. The maximum Gasteiger partial charge on any atom is 0.124 e. The molecule has 0 saturated carbocycles. The Bertz CT molecular complexity index is 448. The maximum absolute atomic E-state index is 13.1. The predicted molar refractivity (Wildman–Crippen MR) is 67.9 cm³/mol. The van der Waals surface area contributed by atoms with E-state index in [9.17, 15) is 4.39 Å². The number of benzene rings is 1. The summed E-state index contributed by atoms with van der Waals surface area (Å²) >= 11 is 0. The molecule has 1 aromatic carbocycles. The molecule has 1 aliphatic rings. The number of nitrogens with zero attached hydrogens (tertiary/aromatic N) is 2. The zero-order chi connectivity index (χ0) is 13.0. The van der Waals surface area contributed by atoms with Crippen molar-refractivity contribution in [1.82, 2.24) is 0 Å². The highest BCUT2D eigenvalue weighted by Gasteiger charge is 2.21. The van der Waals surface area contributed by atoms with Crippen molar-refractivity contribution in [1.29, 1.82) is 5.26 Å². The van der Waals surface area contributed by atoms with Gasteiger partial charge in [-0.25, -0.2) is 4.39 Å². The van der Waals surface area contributed by atoms with Gasteiger partial charge in [-0.3, -0.25) is 0 Å². The van der Waals surface area contributed by atoms with E-state index in [1.54, 1.807) is 13.2 Å². The molecule has 1 fully saturated rings. The first kappa shape index (κ1) is 12.8. The number of methoxy groups -OCH3 is 1. The van der Waals surface area contributed by atoms with Crippen LogP contribution in [0.1, 0.15) is 18.4 Å². The van der Waals surface area contributed by atoms with Crippen LogP contribution >= 0.6 is 0 Å². The van der Waals surface area contributed by atoms with Crippen molar-refractivity contribution in [3.8, 4) is 6.07 Å². The van der Waals surface area contributed by atoms with Gasteiger partial charge in [0.1, 0.15) is 11.9 Å². The molecule has 0 radical (unpaired) electrons. The largest absolute Gasteiger partial charge is 0.384 e. The molecule has 0 aromatic heterocycles. The van der Waals surface area contributed by atoms with Crippen molar-refractivity contribution in [2.45, 2.75) is 12.8 Å². The van der Waals surface area contributed by atoms with Crippen LogP contribution in [0.15, 0.2) is 18.2 Å². The van der Waals surface area contributed by atoms with E-state index in [0.29, 0.717) is 11.5 Å². The second-order valence-electron chi connectivity index (χ2n) is 4.66. The van der Waals surface area contributed by atoms with Crippen LogP contribution in [0, 0.1) is 23.1 Å². The Balaban J connectivity index is 2.08. The number of halogens is 1. The van der Waals surface area contributed by atoms with Crippen molar-refractivity contribution in [3.63, 3.8) is 0 Å². The summed E-state index contributed by atoms with van der Waals surface area (Å²) in [6.45, 7) is 2.59. The van der Waals surface area contributed by atoms with E-state index in [1.807, 2.05) is 0 Å². The van der Waals surface area contributed by atoms with Crippen molar-refractivity contribution in [2.24, 2.45) is 5.92 Å². The molecule has 2 rings (SSSR count). The summed E-state index contributed by atoms with van der Waals surface area (Å²) in [5.41, 5.74) is 1.26. The first-order valence-corrected chi connectivity index (χ1v) is 6.18. The van der Waals surface area contributed by atoms with Gasteiger partial charge in [0, 0.05) is 26.8 Å². The minimum atomic E-state index is -0.357. The Morgan fingerprint density at radius 3 is 2.78 bits per heavy atom. The van der Waals surface area contributed by atoms with Gasteiger partial charge >= 0.3 is 0 Å². The van der Waals surface area contributed by atoms with Crippen LogP contribution in [0.25, 0.3) is 0 Å². The van der Waals surface area contributed by atoms with Crippen molar-refractivity contribution < 1.29 is 9.13 Å². The van der Waals surface area contributed by atoms with E-state index >= 15 is 0 Å². The lowest BCUT2D eigenvalue weighted by molar-refractivity contribution is 0.139. The molecule has 1 heterocycles. The number of ether oxygens (including phenoxy) is 1. The molecule has 1 aliphatic heterocycles. The Morgan fingerprint density at radius 2 is 2.17 bits per heavy atom. The number of rotatable bonds is 3. The molecule has 1 saturated heterocycles. The van der Waals surface area contributed by atoms with Crippen molar-refractivity contribution >= 4 is 5.69 Å². The second kappa shape index (κ2) is 5.83. The second-order valence-corrected chi connectivity index (χ2v) is 4.66. The summed E-state index contributed by atoms with van der Waals surface area (Å²) < 4.78 is 18.2. The molecular formula is C14H17FN2O. The minimum Gasteiger partial charge on any atom is -0.384 e. The summed E-state index contributed by atoms with van der Waals surface area (Å²) in [6.07, 6.45) is 2.10. The standard InChI is InChI=1S/C14H17FN2O/c1-18-10-11-4-6-17(7-5-11)14-3-2-13(15)8-12(14)9-16/h2-3,8,11H,4-7,10H2,1H3. The van der Waals surface area contributed by atoms with Crippen molar-refractivity contribution in [2.75, 3.05) is 31.7 Å². The summed E-state index contributed by atoms with van der Waals surface area (Å²) in [4.78, 5) is 2.16. The highest BCUT2D eigenvalue weighted by molar-refractivity contribution is 5.59. The molecular weight excluding hydrogens is 231 g/mol. The van der Waals surface area contributed by atoms with E-state index in [1.165, 1.54) is 12.1 Å². The summed E-state index contributed by atoms with van der Waals surface area (Å²) in [5.74, 6) is 0.238. The van der Waals surface area contributed by atoms with Gasteiger partial charge in [0.25, 0.3) is 0 Å². The monoisotopic (exact) mass is 248 g/mol. The quantitative estimate of drug-likeness (QED) is 0.824. The van der Waals surface area contributed by atoms with Gasteiger partial charge in [0.15, 0.2) is 0 Å². The highest BCUT2D eigenvalue weighted by Crippen LogP contribution is 2.26. The van der Waals surface area contributed by atoms with Crippen LogP contribution in [0.2, 0.25) is 0 Å². The fourth-order valence-electron chi connectivity index (χ4n) is 2.45. The van der Waals surface area contributed by atoms with E-state index in [2.05, 4.69) is 11.0 Å². The Hall–Kier alpha value is -1.60. The normalized spacial score (nSPS) is 16.6. The average Bonchev–Trinajstić information content (AvgIpc) is 2.40. The Morgan fingerprint density at radius 1 is 1.44 bits per heavy atom. The van der Waals surface area contributed by atoms with E-state index in [0.717, 1.165) is 38.2 Å². The van der Waals surface area contributed by atoms with Gasteiger partial charge in [-0.1, -0.05) is 0 Å². The fourth-order valence-corrected chi connectivity index (χ4v) is 2.45. The molecule has 3 nitrogen and oxygen atoms in total. The maximum atomic E-state index is 13.1.